The second kappa shape index (κ2) is 8.99. The summed E-state index contributed by atoms with van der Waals surface area (Å²) in [5.41, 5.74) is 4.64. The number of methoxy groups -OCH3 is 1. The summed E-state index contributed by atoms with van der Waals surface area (Å²) in [6.45, 7) is 8.16. The Kier molecular flexibility index (Phi) is 6.40. The monoisotopic (exact) mass is 404 g/mol. The summed E-state index contributed by atoms with van der Waals surface area (Å²) in [7, 11) is 1.61. The van der Waals surface area contributed by atoms with E-state index < -0.39 is 6.10 Å². The first-order valence-corrected chi connectivity index (χ1v) is 9.95. The van der Waals surface area contributed by atoms with E-state index in [1.165, 1.54) is 5.56 Å². The molecule has 3 rings (SSSR count). The number of hydrazone groups is 1. The van der Waals surface area contributed by atoms with E-state index in [1.54, 1.807) is 20.2 Å². The maximum absolute atomic E-state index is 12.4. The lowest BCUT2D eigenvalue weighted by Gasteiger charge is -2.20. The summed E-state index contributed by atoms with van der Waals surface area (Å²) >= 11 is 0. The summed E-state index contributed by atoms with van der Waals surface area (Å²) in [5.74, 6) is 1.01. The number of nitrogens with zero attached hydrogens (tertiary/aromatic N) is 1. The average Bonchev–Trinajstić information content (AvgIpc) is 2.73. The van der Waals surface area contributed by atoms with Gasteiger partial charge < -0.3 is 9.47 Å². The fourth-order valence-electron chi connectivity index (χ4n) is 3.13. The largest absolute Gasteiger partial charge is 0.496 e. The van der Waals surface area contributed by atoms with E-state index in [9.17, 15) is 4.79 Å². The number of nitrogens with one attached hydrogen (secondary N) is 1. The molecule has 30 heavy (non-hydrogen) atoms. The molecule has 1 atom stereocenters. The van der Waals surface area contributed by atoms with Gasteiger partial charge >= 0.3 is 0 Å². The number of benzene rings is 3. The SMILES string of the molecule is COc1ccc2ccccc2c1/C=N/NC(=O)C(C)Oc1ccc(C(C)(C)C)cc1. The van der Waals surface area contributed by atoms with Gasteiger partial charge in [-0.3, -0.25) is 4.79 Å². The molecule has 0 saturated carbocycles. The normalized spacial score (nSPS) is 12.7. The van der Waals surface area contributed by atoms with Crippen molar-refractivity contribution in [3.63, 3.8) is 0 Å². The van der Waals surface area contributed by atoms with Crippen LogP contribution in [0.1, 0.15) is 38.8 Å². The van der Waals surface area contributed by atoms with Crippen LogP contribution in [0.4, 0.5) is 0 Å². The Morgan fingerprint density at radius 2 is 1.73 bits per heavy atom. The number of carbonyl (C=O) groups is 1. The highest BCUT2D eigenvalue weighted by atomic mass is 16.5. The molecule has 0 bridgehead atoms. The molecule has 0 spiro atoms. The van der Waals surface area contributed by atoms with Gasteiger partial charge in [0.15, 0.2) is 6.10 Å². The van der Waals surface area contributed by atoms with Crippen molar-refractivity contribution in [1.82, 2.24) is 5.43 Å². The molecule has 0 fully saturated rings. The first-order valence-electron chi connectivity index (χ1n) is 9.95. The Balaban J connectivity index is 1.67. The van der Waals surface area contributed by atoms with Crippen LogP contribution in [0.25, 0.3) is 10.8 Å². The molecule has 156 valence electrons. The minimum atomic E-state index is -0.683. The van der Waals surface area contributed by atoms with E-state index in [-0.39, 0.29) is 11.3 Å². The summed E-state index contributed by atoms with van der Waals surface area (Å²) in [4.78, 5) is 12.4. The van der Waals surface area contributed by atoms with Gasteiger partial charge in [0.1, 0.15) is 11.5 Å². The van der Waals surface area contributed by atoms with Crippen LogP contribution in [0.5, 0.6) is 11.5 Å². The Labute approximate surface area is 177 Å². The van der Waals surface area contributed by atoms with Crippen molar-refractivity contribution in [2.75, 3.05) is 7.11 Å². The lowest BCUT2D eigenvalue weighted by molar-refractivity contribution is -0.127. The summed E-state index contributed by atoms with van der Waals surface area (Å²) in [6.07, 6.45) is 0.918. The van der Waals surface area contributed by atoms with Gasteiger partial charge in [-0.15, -0.1) is 0 Å². The van der Waals surface area contributed by atoms with Gasteiger partial charge in [0.2, 0.25) is 0 Å². The zero-order valence-electron chi connectivity index (χ0n) is 18.1. The van der Waals surface area contributed by atoms with Gasteiger partial charge in [-0.05, 0) is 46.9 Å². The van der Waals surface area contributed by atoms with Crippen LogP contribution in [0, 0.1) is 0 Å². The van der Waals surface area contributed by atoms with E-state index in [0.29, 0.717) is 11.5 Å². The maximum Gasteiger partial charge on any atom is 0.280 e. The predicted molar refractivity (Wildman–Crippen MR) is 121 cm³/mol. The molecule has 0 aliphatic carbocycles. The molecular weight excluding hydrogens is 376 g/mol. The van der Waals surface area contributed by atoms with Crippen molar-refractivity contribution in [3.05, 3.63) is 71.8 Å². The molecule has 0 saturated heterocycles. The Bertz CT molecular complexity index is 1050. The third-order valence-corrected chi connectivity index (χ3v) is 4.92. The first-order chi connectivity index (χ1) is 14.3. The van der Waals surface area contributed by atoms with Crippen molar-refractivity contribution in [2.24, 2.45) is 5.10 Å². The van der Waals surface area contributed by atoms with Crippen LogP contribution in [0.15, 0.2) is 65.8 Å². The molecule has 0 aliphatic rings. The van der Waals surface area contributed by atoms with Crippen LogP contribution in [-0.4, -0.2) is 25.3 Å². The molecule has 0 heterocycles. The van der Waals surface area contributed by atoms with E-state index in [1.807, 2.05) is 60.7 Å². The molecule has 1 N–H and O–H groups in total. The molecule has 1 unspecified atom stereocenters. The summed E-state index contributed by atoms with van der Waals surface area (Å²) in [5, 5.41) is 6.19. The van der Waals surface area contributed by atoms with Crippen molar-refractivity contribution < 1.29 is 14.3 Å². The lowest BCUT2D eigenvalue weighted by atomic mass is 9.87. The molecule has 5 heteroatoms. The van der Waals surface area contributed by atoms with Crippen molar-refractivity contribution in [1.29, 1.82) is 0 Å². The molecule has 0 aliphatic heterocycles. The van der Waals surface area contributed by atoms with Gasteiger partial charge in [0, 0.05) is 5.56 Å². The number of carbonyl (C=O) groups excluding carboxylic acids is 1. The maximum atomic E-state index is 12.4. The van der Waals surface area contributed by atoms with Crippen molar-refractivity contribution >= 4 is 22.9 Å². The van der Waals surface area contributed by atoms with E-state index in [4.69, 9.17) is 9.47 Å². The number of ether oxygens (including phenoxy) is 2. The minimum Gasteiger partial charge on any atom is -0.496 e. The number of fused-ring (bicyclic) bond motifs is 1. The molecule has 0 aromatic heterocycles. The third-order valence-electron chi connectivity index (χ3n) is 4.92. The molecule has 0 radical (unpaired) electrons. The topological polar surface area (TPSA) is 59.9 Å². The Morgan fingerprint density at radius 3 is 2.40 bits per heavy atom. The summed E-state index contributed by atoms with van der Waals surface area (Å²) < 4.78 is 11.2. The third kappa shape index (κ3) is 4.98. The molecule has 1 amide bonds. The van der Waals surface area contributed by atoms with Crippen molar-refractivity contribution in [2.45, 2.75) is 39.2 Å². The Hall–Kier alpha value is -3.34. The number of amides is 1. The second-order valence-corrected chi connectivity index (χ2v) is 8.17. The van der Waals surface area contributed by atoms with Crippen LogP contribution in [0.2, 0.25) is 0 Å². The fraction of sp³-hybridized carbons (Fsp3) is 0.280. The minimum absolute atomic E-state index is 0.0684. The van der Waals surface area contributed by atoms with Crippen molar-refractivity contribution in [3.8, 4) is 11.5 Å². The lowest BCUT2D eigenvalue weighted by Crippen LogP contribution is -2.33. The quantitative estimate of drug-likeness (QED) is 0.461. The zero-order chi connectivity index (χ0) is 21.7. The van der Waals surface area contributed by atoms with Crippen LogP contribution in [-0.2, 0) is 10.2 Å². The molecule has 3 aromatic carbocycles. The molecular formula is C25H28N2O3. The highest BCUT2D eigenvalue weighted by molar-refractivity contribution is 6.02. The Morgan fingerprint density at radius 1 is 1.03 bits per heavy atom. The van der Waals surface area contributed by atoms with Crippen LogP contribution >= 0.6 is 0 Å². The number of rotatable bonds is 6. The second-order valence-electron chi connectivity index (χ2n) is 8.17. The van der Waals surface area contributed by atoms with E-state index in [0.717, 1.165) is 16.3 Å². The van der Waals surface area contributed by atoms with Crippen LogP contribution in [0.3, 0.4) is 0 Å². The van der Waals surface area contributed by atoms with E-state index >= 15 is 0 Å². The van der Waals surface area contributed by atoms with Gasteiger partial charge in [-0.2, -0.15) is 5.10 Å². The highest BCUT2D eigenvalue weighted by Gasteiger charge is 2.16. The molecule has 5 nitrogen and oxygen atoms in total. The van der Waals surface area contributed by atoms with Gasteiger partial charge in [0.25, 0.3) is 5.91 Å². The smallest absolute Gasteiger partial charge is 0.280 e. The molecule has 3 aromatic rings. The predicted octanol–water partition coefficient (Wildman–Crippen LogP) is 5.06. The fourth-order valence-corrected chi connectivity index (χ4v) is 3.13. The zero-order valence-corrected chi connectivity index (χ0v) is 18.1. The van der Waals surface area contributed by atoms with Crippen LogP contribution < -0.4 is 14.9 Å². The van der Waals surface area contributed by atoms with Gasteiger partial charge in [-0.25, -0.2) is 5.43 Å². The van der Waals surface area contributed by atoms with Gasteiger partial charge in [0.05, 0.1) is 13.3 Å². The van der Waals surface area contributed by atoms with Gasteiger partial charge in [-0.1, -0.05) is 63.2 Å². The number of hydrogen-bond donors (Lipinski definition) is 1. The van der Waals surface area contributed by atoms with E-state index in [2.05, 4.69) is 31.3 Å². The number of hydrogen-bond acceptors (Lipinski definition) is 4. The summed E-state index contributed by atoms with van der Waals surface area (Å²) in [6, 6.07) is 19.6. The first kappa shape index (κ1) is 21.4. The average molecular weight is 405 g/mol. The standard InChI is InChI=1S/C25H28N2O3/c1-17(30-20-13-11-19(12-14-20)25(2,3)4)24(28)27-26-16-22-21-9-7-6-8-18(21)10-15-23(22)29-5/h6-17H,1-5H3,(H,27,28)/b26-16+. The highest BCUT2D eigenvalue weighted by Crippen LogP contribution is 2.26.